The van der Waals surface area contributed by atoms with E-state index in [1.54, 1.807) is 24.3 Å². The molecule has 0 saturated carbocycles. The maximum Gasteiger partial charge on any atom is 0.185 e. The smallest absolute Gasteiger partial charge is 0.185 e. The Morgan fingerprint density at radius 2 is 1.41 bits per heavy atom. The van der Waals surface area contributed by atoms with Crippen molar-refractivity contribution in [2.75, 3.05) is 4.90 Å². The van der Waals surface area contributed by atoms with Gasteiger partial charge in [0.1, 0.15) is 17.3 Å². The summed E-state index contributed by atoms with van der Waals surface area (Å²) >= 11 is 3.49. The second-order valence-electron chi connectivity index (χ2n) is 10.2. The number of nitrogens with zero attached hydrogens (tertiary/aromatic N) is 1. The molecule has 6 heteroatoms. The third kappa shape index (κ3) is 3.24. The molecule has 1 aliphatic carbocycles. The van der Waals surface area contributed by atoms with Gasteiger partial charge in [0.05, 0.1) is 6.04 Å². The second-order valence-corrected chi connectivity index (χ2v) is 11.1. The van der Waals surface area contributed by atoms with E-state index in [-0.39, 0.29) is 17.3 Å². The summed E-state index contributed by atoms with van der Waals surface area (Å²) in [6.07, 6.45) is 3.83. The molecule has 1 spiro atoms. The number of carbonyl (C=O) groups is 3. The first kappa shape index (κ1) is 23.9. The molecule has 0 bridgehead atoms. The van der Waals surface area contributed by atoms with Crippen molar-refractivity contribution in [3.63, 3.8) is 0 Å². The number of hydrogen-bond donors (Lipinski definition) is 0. The molecular weight excluding hydrogens is 557 g/mol. The summed E-state index contributed by atoms with van der Waals surface area (Å²) < 4.78 is 14.7. The third-order valence-corrected chi connectivity index (χ3v) is 8.87. The summed E-state index contributed by atoms with van der Waals surface area (Å²) in [5, 5.41) is 0. The lowest BCUT2D eigenvalue weighted by Gasteiger charge is -2.37. The summed E-state index contributed by atoms with van der Waals surface area (Å²) in [4.78, 5) is 45.5. The number of benzene rings is 4. The molecule has 190 valence electrons. The van der Waals surface area contributed by atoms with Crippen molar-refractivity contribution in [1.82, 2.24) is 0 Å². The van der Waals surface area contributed by atoms with E-state index in [2.05, 4.69) is 15.9 Å². The van der Waals surface area contributed by atoms with Gasteiger partial charge in [-0.1, -0.05) is 82.7 Å². The van der Waals surface area contributed by atoms with Crippen molar-refractivity contribution >= 4 is 45.0 Å². The van der Waals surface area contributed by atoms with Gasteiger partial charge in [-0.3, -0.25) is 14.4 Å². The van der Waals surface area contributed by atoms with Gasteiger partial charge in [0, 0.05) is 32.8 Å². The molecule has 7 rings (SSSR count). The van der Waals surface area contributed by atoms with Crippen LogP contribution in [-0.4, -0.2) is 29.4 Å². The zero-order chi connectivity index (χ0) is 26.9. The van der Waals surface area contributed by atoms with Gasteiger partial charge >= 0.3 is 0 Å². The molecule has 4 aromatic carbocycles. The molecule has 4 aromatic rings. The summed E-state index contributed by atoms with van der Waals surface area (Å²) in [6, 6.07) is 25.9. The molecule has 0 amide bonds. The maximum absolute atomic E-state index is 14.5. The molecule has 0 radical (unpaired) electrons. The fraction of sp³-hybridized carbons (Fsp3) is 0.121. The first-order valence-corrected chi connectivity index (χ1v) is 13.5. The highest BCUT2D eigenvalue weighted by Gasteiger charge is 2.71. The molecule has 1 fully saturated rings. The van der Waals surface area contributed by atoms with Gasteiger partial charge in [0.2, 0.25) is 0 Å². The van der Waals surface area contributed by atoms with Crippen LogP contribution in [0.3, 0.4) is 0 Å². The predicted molar refractivity (Wildman–Crippen MR) is 151 cm³/mol. The lowest BCUT2D eigenvalue weighted by molar-refractivity contribution is 0.0666. The average Bonchev–Trinajstić information content (AvgIpc) is 3.40. The van der Waals surface area contributed by atoms with Gasteiger partial charge < -0.3 is 4.90 Å². The Morgan fingerprint density at radius 3 is 2.08 bits per heavy atom. The zero-order valence-corrected chi connectivity index (χ0v) is 22.1. The summed E-state index contributed by atoms with van der Waals surface area (Å²) in [5.41, 5.74) is 1.92. The largest absolute Gasteiger partial charge is 0.352 e. The summed E-state index contributed by atoms with van der Waals surface area (Å²) in [6.45, 7) is 0. The monoisotopic (exact) mass is 577 g/mol. The van der Waals surface area contributed by atoms with Crippen LogP contribution in [0.15, 0.2) is 108 Å². The van der Waals surface area contributed by atoms with Crippen LogP contribution in [0.25, 0.3) is 6.08 Å². The number of Topliss-reactive ketones (excluding diaryl/α,β-unsaturated/α-hetero) is 3. The third-order valence-electron chi connectivity index (χ3n) is 8.34. The molecule has 2 heterocycles. The molecule has 1 unspecified atom stereocenters. The van der Waals surface area contributed by atoms with Gasteiger partial charge in [-0.05, 0) is 53.6 Å². The van der Waals surface area contributed by atoms with Crippen molar-refractivity contribution in [3.05, 3.63) is 141 Å². The van der Waals surface area contributed by atoms with E-state index >= 15 is 0 Å². The highest BCUT2D eigenvalue weighted by Crippen LogP contribution is 2.61. The van der Waals surface area contributed by atoms with Crippen molar-refractivity contribution in [1.29, 1.82) is 0 Å². The SMILES string of the molecule is O=C(c1ccc(F)cc1)[C@H]1[C@H](c2ccc(Br)cc2)C2(C(=O)c3ccccc3C2=O)C2C=Cc3ccccc3N21. The van der Waals surface area contributed by atoms with Gasteiger partial charge in [-0.15, -0.1) is 0 Å². The van der Waals surface area contributed by atoms with Crippen LogP contribution in [0.1, 0.15) is 48.1 Å². The quantitative estimate of drug-likeness (QED) is 0.196. The van der Waals surface area contributed by atoms with Crippen molar-refractivity contribution in [2.45, 2.75) is 18.0 Å². The van der Waals surface area contributed by atoms with Crippen LogP contribution in [0.5, 0.6) is 0 Å². The van der Waals surface area contributed by atoms with Crippen molar-refractivity contribution in [3.8, 4) is 0 Å². The van der Waals surface area contributed by atoms with E-state index in [0.717, 1.165) is 15.7 Å². The van der Waals surface area contributed by atoms with Crippen LogP contribution >= 0.6 is 15.9 Å². The standard InChI is InChI=1S/C33H21BrFNO3/c34-22-14-9-20(10-15-22)28-29(30(37)21-11-16-23(35)17-12-21)36-26-8-4-1-5-19(26)13-18-27(36)33(28)31(38)24-6-2-3-7-25(24)32(33)39/h1-18,27-29H/t27?,28-,29+/m0/s1. The second kappa shape index (κ2) is 8.68. The molecular formula is C33H21BrFNO3. The minimum atomic E-state index is -1.55. The zero-order valence-electron chi connectivity index (χ0n) is 20.6. The van der Waals surface area contributed by atoms with Crippen LogP contribution in [0.4, 0.5) is 10.1 Å². The molecule has 3 atom stereocenters. The Balaban J connectivity index is 1.54. The highest BCUT2D eigenvalue weighted by molar-refractivity contribution is 9.10. The van der Waals surface area contributed by atoms with E-state index in [1.807, 2.05) is 65.6 Å². The molecule has 0 aromatic heterocycles. The Morgan fingerprint density at radius 1 is 0.795 bits per heavy atom. The lowest BCUT2D eigenvalue weighted by atomic mass is 9.64. The Labute approximate surface area is 232 Å². The molecule has 2 aliphatic heterocycles. The first-order valence-electron chi connectivity index (χ1n) is 12.7. The summed E-state index contributed by atoms with van der Waals surface area (Å²) in [7, 11) is 0. The highest BCUT2D eigenvalue weighted by atomic mass is 79.9. The van der Waals surface area contributed by atoms with Gasteiger partial charge in [-0.2, -0.15) is 0 Å². The predicted octanol–water partition coefficient (Wildman–Crippen LogP) is 6.90. The fourth-order valence-electron chi connectivity index (χ4n) is 6.75. The topological polar surface area (TPSA) is 54.5 Å². The van der Waals surface area contributed by atoms with E-state index in [1.165, 1.54) is 24.3 Å². The van der Waals surface area contributed by atoms with Crippen LogP contribution in [0, 0.1) is 11.2 Å². The number of ketones is 3. The minimum Gasteiger partial charge on any atom is -0.352 e. The van der Waals surface area contributed by atoms with Crippen LogP contribution in [-0.2, 0) is 0 Å². The normalized spacial score (nSPS) is 22.1. The molecule has 4 nitrogen and oxygen atoms in total. The van der Waals surface area contributed by atoms with Crippen molar-refractivity contribution < 1.29 is 18.8 Å². The van der Waals surface area contributed by atoms with E-state index < -0.39 is 29.2 Å². The first-order chi connectivity index (χ1) is 18.9. The number of para-hydroxylation sites is 1. The minimum absolute atomic E-state index is 0.272. The fourth-order valence-corrected chi connectivity index (χ4v) is 7.01. The van der Waals surface area contributed by atoms with Gasteiger partial charge in [0.25, 0.3) is 0 Å². The number of rotatable bonds is 3. The number of anilines is 1. The van der Waals surface area contributed by atoms with Crippen LogP contribution < -0.4 is 4.90 Å². The van der Waals surface area contributed by atoms with E-state index in [4.69, 9.17) is 0 Å². The number of carbonyl (C=O) groups excluding carboxylic acids is 3. The number of halogens is 2. The van der Waals surface area contributed by atoms with Gasteiger partial charge in [-0.25, -0.2) is 4.39 Å². The molecule has 1 saturated heterocycles. The molecule has 3 aliphatic rings. The van der Waals surface area contributed by atoms with Crippen LogP contribution in [0.2, 0.25) is 0 Å². The summed E-state index contributed by atoms with van der Waals surface area (Å²) in [5.74, 6) is -2.06. The number of fused-ring (bicyclic) bond motifs is 5. The number of hydrogen-bond acceptors (Lipinski definition) is 4. The Hall–Kier alpha value is -4.16. The van der Waals surface area contributed by atoms with E-state index in [0.29, 0.717) is 22.3 Å². The Kier molecular flexibility index (Phi) is 5.32. The lowest BCUT2D eigenvalue weighted by Crippen LogP contribution is -2.48. The van der Waals surface area contributed by atoms with Crippen molar-refractivity contribution in [2.24, 2.45) is 5.41 Å². The molecule has 0 N–H and O–H groups in total. The average molecular weight is 578 g/mol. The molecule has 39 heavy (non-hydrogen) atoms. The maximum atomic E-state index is 14.5. The van der Waals surface area contributed by atoms with Gasteiger partial charge in [0.15, 0.2) is 17.3 Å². The van der Waals surface area contributed by atoms with E-state index in [9.17, 15) is 18.8 Å². The Bertz CT molecular complexity index is 1670.